The molecule has 22 heavy (non-hydrogen) atoms. The van der Waals surface area contributed by atoms with Crippen molar-refractivity contribution in [1.29, 1.82) is 0 Å². The Bertz CT molecular complexity index is 607. The molecule has 8 nitrogen and oxygen atoms in total. The monoisotopic (exact) mass is 303 g/mol. The molecule has 3 rings (SSSR count). The number of aromatic nitrogens is 5. The summed E-state index contributed by atoms with van der Waals surface area (Å²) in [6.07, 6.45) is 3.17. The van der Waals surface area contributed by atoms with Gasteiger partial charge in [0, 0.05) is 38.8 Å². The van der Waals surface area contributed by atoms with Crippen molar-refractivity contribution in [3.63, 3.8) is 0 Å². The normalized spacial score (nSPS) is 16.0. The zero-order valence-electron chi connectivity index (χ0n) is 13.0. The van der Waals surface area contributed by atoms with Crippen LogP contribution < -0.4 is 9.64 Å². The van der Waals surface area contributed by atoms with Gasteiger partial charge >= 0.3 is 0 Å². The SMILES string of the molecule is CCn1ncnc1CN1CCN(c2cc(OC)ncn2)CC1. The minimum Gasteiger partial charge on any atom is -0.481 e. The van der Waals surface area contributed by atoms with Crippen molar-refractivity contribution >= 4 is 5.82 Å². The fourth-order valence-electron chi connectivity index (χ4n) is 2.62. The molecule has 2 aromatic heterocycles. The second-order valence-corrected chi connectivity index (χ2v) is 5.17. The highest BCUT2D eigenvalue weighted by atomic mass is 16.5. The molecular weight excluding hydrogens is 282 g/mol. The molecule has 0 N–H and O–H groups in total. The third-order valence-electron chi connectivity index (χ3n) is 3.89. The lowest BCUT2D eigenvalue weighted by Crippen LogP contribution is -2.46. The number of anilines is 1. The number of piperazine rings is 1. The van der Waals surface area contributed by atoms with E-state index >= 15 is 0 Å². The topological polar surface area (TPSA) is 72.2 Å². The van der Waals surface area contributed by atoms with Crippen LogP contribution in [0.4, 0.5) is 5.82 Å². The van der Waals surface area contributed by atoms with E-state index in [0.717, 1.165) is 50.9 Å². The summed E-state index contributed by atoms with van der Waals surface area (Å²) in [4.78, 5) is 17.4. The van der Waals surface area contributed by atoms with E-state index in [4.69, 9.17) is 4.74 Å². The highest BCUT2D eigenvalue weighted by Crippen LogP contribution is 2.17. The van der Waals surface area contributed by atoms with Crippen molar-refractivity contribution in [2.24, 2.45) is 0 Å². The highest BCUT2D eigenvalue weighted by molar-refractivity contribution is 5.41. The lowest BCUT2D eigenvalue weighted by atomic mass is 10.3. The molecule has 0 unspecified atom stereocenters. The number of aryl methyl sites for hydroxylation is 1. The van der Waals surface area contributed by atoms with E-state index in [0.29, 0.717) is 5.88 Å². The number of methoxy groups -OCH3 is 1. The molecule has 0 radical (unpaired) electrons. The van der Waals surface area contributed by atoms with Crippen LogP contribution in [0.15, 0.2) is 18.7 Å². The maximum absolute atomic E-state index is 5.16. The Morgan fingerprint density at radius 2 is 1.91 bits per heavy atom. The van der Waals surface area contributed by atoms with Crippen LogP contribution in [0.5, 0.6) is 5.88 Å². The summed E-state index contributed by atoms with van der Waals surface area (Å²) in [7, 11) is 1.62. The quantitative estimate of drug-likeness (QED) is 0.792. The summed E-state index contributed by atoms with van der Waals surface area (Å²) < 4.78 is 7.10. The van der Waals surface area contributed by atoms with Crippen molar-refractivity contribution in [3.8, 4) is 5.88 Å². The highest BCUT2D eigenvalue weighted by Gasteiger charge is 2.20. The Balaban J connectivity index is 1.58. The van der Waals surface area contributed by atoms with E-state index in [2.05, 4.69) is 36.8 Å². The Morgan fingerprint density at radius 1 is 1.09 bits per heavy atom. The third kappa shape index (κ3) is 3.16. The van der Waals surface area contributed by atoms with Crippen LogP contribution in [0.1, 0.15) is 12.7 Å². The summed E-state index contributed by atoms with van der Waals surface area (Å²) in [5.74, 6) is 2.55. The van der Waals surface area contributed by atoms with Gasteiger partial charge < -0.3 is 9.64 Å². The van der Waals surface area contributed by atoms with E-state index in [-0.39, 0.29) is 0 Å². The van der Waals surface area contributed by atoms with Crippen LogP contribution in [0.25, 0.3) is 0 Å². The minimum atomic E-state index is 0.600. The van der Waals surface area contributed by atoms with Crippen LogP contribution >= 0.6 is 0 Å². The van der Waals surface area contributed by atoms with Gasteiger partial charge in [0.15, 0.2) is 0 Å². The molecule has 8 heteroatoms. The second kappa shape index (κ2) is 6.69. The van der Waals surface area contributed by atoms with Gasteiger partial charge in [0.05, 0.1) is 13.7 Å². The molecule has 2 aromatic rings. The number of hydrogen-bond acceptors (Lipinski definition) is 7. The molecular formula is C14H21N7O. The second-order valence-electron chi connectivity index (χ2n) is 5.17. The first kappa shape index (κ1) is 14.7. The molecule has 0 atom stereocenters. The van der Waals surface area contributed by atoms with Gasteiger partial charge in [-0.15, -0.1) is 0 Å². The molecule has 1 aliphatic heterocycles. The Kier molecular flexibility index (Phi) is 4.47. The summed E-state index contributed by atoms with van der Waals surface area (Å²) >= 11 is 0. The van der Waals surface area contributed by atoms with E-state index < -0.39 is 0 Å². The Hall–Kier alpha value is -2.22. The summed E-state index contributed by atoms with van der Waals surface area (Å²) in [6, 6.07) is 1.88. The van der Waals surface area contributed by atoms with Crippen LogP contribution in [-0.2, 0) is 13.1 Å². The molecule has 0 amide bonds. The molecule has 0 spiro atoms. The van der Waals surface area contributed by atoms with Crippen molar-refractivity contribution in [2.45, 2.75) is 20.0 Å². The molecule has 1 aliphatic rings. The van der Waals surface area contributed by atoms with E-state index in [9.17, 15) is 0 Å². The average molecular weight is 303 g/mol. The van der Waals surface area contributed by atoms with Gasteiger partial charge in [-0.3, -0.25) is 4.90 Å². The number of ether oxygens (including phenoxy) is 1. The lowest BCUT2D eigenvalue weighted by Gasteiger charge is -2.35. The Labute approximate surface area is 129 Å². The zero-order chi connectivity index (χ0) is 15.4. The summed E-state index contributed by atoms with van der Waals surface area (Å²) in [5, 5.41) is 4.22. The zero-order valence-corrected chi connectivity index (χ0v) is 13.0. The standard InChI is InChI=1S/C14H21N7O/c1-3-21-13(16-11-18-21)9-19-4-6-20(7-5-19)12-8-14(22-2)17-10-15-12/h8,10-11H,3-7,9H2,1-2H3. The van der Waals surface area contributed by atoms with E-state index in [1.807, 2.05) is 10.7 Å². The largest absolute Gasteiger partial charge is 0.481 e. The lowest BCUT2D eigenvalue weighted by molar-refractivity contribution is 0.239. The van der Waals surface area contributed by atoms with E-state index in [1.54, 1.807) is 19.8 Å². The van der Waals surface area contributed by atoms with Gasteiger partial charge in [-0.1, -0.05) is 0 Å². The first-order valence-electron chi connectivity index (χ1n) is 7.50. The van der Waals surface area contributed by atoms with Crippen LogP contribution in [0, 0.1) is 0 Å². The van der Waals surface area contributed by atoms with Gasteiger partial charge in [0.1, 0.15) is 24.3 Å². The molecule has 0 bridgehead atoms. The van der Waals surface area contributed by atoms with Crippen LogP contribution in [-0.4, -0.2) is 62.9 Å². The predicted molar refractivity (Wildman–Crippen MR) is 81.8 cm³/mol. The summed E-state index contributed by atoms with van der Waals surface area (Å²) in [5.41, 5.74) is 0. The van der Waals surface area contributed by atoms with Gasteiger partial charge in [0.2, 0.25) is 5.88 Å². The molecule has 118 valence electrons. The van der Waals surface area contributed by atoms with Crippen LogP contribution in [0.3, 0.4) is 0 Å². The third-order valence-corrected chi connectivity index (χ3v) is 3.89. The van der Waals surface area contributed by atoms with E-state index in [1.165, 1.54) is 0 Å². The number of hydrogen-bond donors (Lipinski definition) is 0. The van der Waals surface area contributed by atoms with Crippen molar-refractivity contribution < 1.29 is 4.74 Å². The fourth-order valence-corrected chi connectivity index (χ4v) is 2.62. The first-order chi connectivity index (χ1) is 10.8. The van der Waals surface area contributed by atoms with Gasteiger partial charge in [-0.25, -0.2) is 19.6 Å². The van der Waals surface area contributed by atoms with Gasteiger partial charge in [-0.05, 0) is 6.92 Å². The number of rotatable bonds is 5. The molecule has 0 aliphatic carbocycles. The van der Waals surface area contributed by atoms with Gasteiger partial charge in [0.25, 0.3) is 0 Å². The molecule has 0 saturated carbocycles. The molecule has 1 saturated heterocycles. The Morgan fingerprint density at radius 3 is 2.64 bits per heavy atom. The van der Waals surface area contributed by atoms with Crippen molar-refractivity contribution in [2.75, 3.05) is 38.2 Å². The maximum atomic E-state index is 5.16. The van der Waals surface area contributed by atoms with Crippen LogP contribution in [0.2, 0.25) is 0 Å². The minimum absolute atomic E-state index is 0.600. The first-order valence-corrected chi connectivity index (χ1v) is 7.50. The molecule has 3 heterocycles. The smallest absolute Gasteiger partial charge is 0.218 e. The number of nitrogens with zero attached hydrogens (tertiary/aromatic N) is 7. The van der Waals surface area contributed by atoms with Gasteiger partial charge in [-0.2, -0.15) is 5.10 Å². The molecule has 0 aromatic carbocycles. The fraction of sp³-hybridized carbons (Fsp3) is 0.571. The molecule has 1 fully saturated rings. The predicted octanol–water partition coefficient (Wildman–Crippen LogP) is 0.419. The van der Waals surface area contributed by atoms with Crippen molar-refractivity contribution in [3.05, 3.63) is 24.5 Å². The van der Waals surface area contributed by atoms with Crippen molar-refractivity contribution in [1.82, 2.24) is 29.6 Å². The summed E-state index contributed by atoms with van der Waals surface area (Å²) in [6.45, 7) is 7.59. The average Bonchev–Trinajstić information content (AvgIpc) is 3.03. The maximum Gasteiger partial charge on any atom is 0.218 e.